The van der Waals surface area contributed by atoms with Gasteiger partial charge < -0.3 is 5.32 Å². The van der Waals surface area contributed by atoms with Crippen molar-refractivity contribution in [3.05, 3.63) is 58.5 Å². The lowest BCUT2D eigenvalue weighted by atomic mass is 10.1. The first-order chi connectivity index (χ1) is 11.8. The van der Waals surface area contributed by atoms with Gasteiger partial charge in [-0.3, -0.25) is 14.2 Å². The first kappa shape index (κ1) is 17.2. The number of aromatic nitrogens is 4. The zero-order chi connectivity index (χ0) is 18.1. The van der Waals surface area contributed by atoms with Crippen LogP contribution in [-0.4, -0.2) is 25.5 Å². The van der Waals surface area contributed by atoms with Crippen LogP contribution in [0.5, 0.6) is 0 Å². The SMILES string of the molecule is Cc1nn(C)cc1C(C)NC(=O)c1cc(-c2ccc(Cl)cc2)n(C)n1. The third kappa shape index (κ3) is 3.58. The summed E-state index contributed by atoms with van der Waals surface area (Å²) in [5, 5.41) is 12.3. The van der Waals surface area contributed by atoms with Crippen LogP contribution < -0.4 is 5.32 Å². The van der Waals surface area contributed by atoms with Crippen LogP contribution >= 0.6 is 11.6 Å². The molecule has 6 nitrogen and oxygen atoms in total. The maximum absolute atomic E-state index is 12.6. The lowest BCUT2D eigenvalue weighted by Crippen LogP contribution is -2.27. The van der Waals surface area contributed by atoms with Crippen LogP contribution in [0.3, 0.4) is 0 Å². The van der Waals surface area contributed by atoms with Crippen LogP contribution in [0.1, 0.15) is 34.7 Å². The maximum Gasteiger partial charge on any atom is 0.272 e. The number of nitrogens with zero attached hydrogens (tertiary/aromatic N) is 4. The molecule has 1 N–H and O–H groups in total. The summed E-state index contributed by atoms with van der Waals surface area (Å²) in [6.07, 6.45) is 1.91. The van der Waals surface area contributed by atoms with E-state index in [0.29, 0.717) is 10.7 Å². The van der Waals surface area contributed by atoms with Crippen LogP contribution in [0, 0.1) is 6.92 Å². The molecule has 0 fully saturated rings. The minimum absolute atomic E-state index is 0.151. The summed E-state index contributed by atoms with van der Waals surface area (Å²) in [4.78, 5) is 12.6. The van der Waals surface area contributed by atoms with Gasteiger partial charge in [0.1, 0.15) is 0 Å². The molecule has 7 heteroatoms. The summed E-state index contributed by atoms with van der Waals surface area (Å²) in [6, 6.07) is 9.07. The molecule has 0 saturated carbocycles. The standard InChI is InChI=1S/C18H20ClN5O/c1-11(15-10-23(3)21-12(15)2)20-18(25)16-9-17(24(4)22-16)13-5-7-14(19)8-6-13/h5-11H,1-4H3,(H,20,25). The number of benzene rings is 1. The molecule has 0 aliphatic carbocycles. The number of nitrogens with one attached hydrogen (secondary N) is 1. The predicted octanol–water partition coefficient (Wildman–Crippen LogP) is 3.27. The highest BCUT2D eigenvalue weighted by molar-refractivity contribution is 6.30. The molecule has 1 amide bonds. The second kappa shape index (κ2) is 6.72. The fraction of sp³-hybridized carbons (Fsp3) is 0.278. The molecule has 130 valence electrons. The molecule has 1 aromatic carbocycles. The monoisotopic (exact) mass is 357 g/mol. The van der Waals surface area contributed by atoms with Crippen LogP contribution in [0.2, 0.25) is 5.02 Å². The Labute approximate surface area is 151 Å². The molecular weight excluding hydrogens is 338 g/mol. The van der Waals surface area contributed by atoms with E-state index in [1.807, 2.05) is 58.4 Å². The van der Waals surface area contributed by atoms with Gasteiger partial charge in [0, 0.05) is 30.9 Å². The quantitative estimate of drug-likeness (QED) is 0.779. The first-order valence-electron chi connectivity index (χ1n) is 7.96. The highest BCUT2D eigenvalue weighted by Crippen LogP contribution is 2.22. The molecule has 3 aromatic rings. The summed E-state index contributed by atoms with van der Waals surface area (Å²) < 4.78 is 3.44. The summed E-state index contributed by atoms with van der Waals surface area (Å²) in [5.41, 5.74) is 4.07. The first-order valence-corrected chi connectivity index (χ1v) is 8.34. The fourth-order valence-corrected chi connectivity index (χ4v) is 2.99. The second-order valence-electron chi connectivity index (χ2n) is 6.08. The van der Waals surface area contributed by atoms with Gasteiger partial charge in [0.25, 0.3) is 5.91 Å². The molecule has 2 aromatic heterocycles. The lowest BCUT2D eigenvalue weighted by molar-refractivity contribution is 0.0934. The Morgan fingerprint density at radius 2 is 1.88 bits per heavy atom. The summed E-state index contributed by atoms with van der Waals surface area (Å²) in [6.45, 7) is 3.86. The minimum Gasteiger partial charge on any atom is -0.344 e. The van der Waals surface area contributed by atoms with E-state index in [1.165, 1.54) is 0 Å². The maximum atomic E-state index is 12.6. The van der Waals surface area contributed by atoms with Gasteiger partial charge in [0.05, 0.1) is 17.4 Å². The average molecular weight is 358 g/mol. The molecule has 0 aliphatic heterocycles. The molecule has 0 saturated heterocycles. The van der Waals surface area contributed by atoms with Gasteiger partial charge in [-0.05, 0) is 37.6 Å². The van der Waals surface area contributed by atoms with E-state index >= 15 is 0 Å². The van der Waals surface area contributed by atoms with E-state index in [-0.39, 0.29) is 11.9 Å². The third-order valence-corrected chi connectivity index (χ3v) is 4.37. The van der Waals surface area contributed by atoms with Crippen molar-refractivity contribution >= 4 is 17.5 Å². The number of aryl methyl sites for hydroxylation is 3. The van der Waals surface area contributed by atoms with Crippen molar-refractivity contribution in [2.24, 2.45) is 14.1 Å². The molecule has 0 bridgehead atoms. The van der Waals surface area contributed by atoms with Gasteiger partial charge in [-0.15, -0.1) is 0 Å². The van der Waals surface area contributed by atoms with Crippen molar-refractivity contribution in [1.82, 2.24) is 24.9 Å². The molecule has 3 rings (SSSR count). The number of halogens is 1. The summed E-state index contributed by atoms with van der Waals surface area (Å²) in [7, 11) is 3.68. The molecular formula is C18H20ClN5O. The Morgan fingerprint density at radius 1 is 1.20 bits per heavy atom. The number of hydrogen-bond acceptors (Lipinski definition) is 3. The summed E-state index contributed by atoms with van der Waals surface area (Å²) >= 11 is 5.93. The van der Waals surface area contributed by atoms with Crippen molar-refractivity contribution in [3.63, 3.8) is 0 Å². The van der Waals surface area contributed by atoms with Gasteiger partial charge in [-0.25, -0.2) is 0 Å². The number of amides is 1. The lowest BCUT2D eigenvalue weighted by Gasteiger charge is -2.11. The Balaban J connectivity index is 1.80. The van der Waals surface area contributed by atoms with E-state index < -0.39 is 0 Å². The van der Waals surface area contributed by atoms with Gasteiger partial charge >= 0.3 is 0 Å². The Hall–Kier alpha value is -2.60. The van der Waals surface area contributed by atoms with E-state index in [0.717, 1.165) is 22.5 Å². The average Bonchev–Trinajstić information content (AvgIpc) is 3.10. The zero-order valence-corrected chi connectivity index (χ0v) is 15.4. The van der Waals surface area contributed by atoms with Crippen molar-refractivity contribution in [2.75, 3.05) is 0 Å². The number of carbonyl (C=O) groups is 1. The number of rotatable bonds is 4. The smallest absolute Gasteiger partial charge is 0.272 e. The topological polar surface area (TPSA) is 64.7 Å². The second-order valence-corrected chi connectivity index (χ2v) is 6.52. The van der Waals surface area contributed by atoms with Crippen molar-refractivity contribution in [2.45, 2.75) is 19.9 Å². The van der Waals surface area contributed by atoms with Gasteiger partial charge in [0.2, 0.25) is 0 Å². The molecule has 25 heavy (non-hydrogen) atoms. The molecule has 2 heterocycles. The van der Waals surface area contributed by atoms with Gasteiger partial charge in [-0.2, -0.15) is 10.2 Å². The van der Waals surface area contributed by atoms with Crippen molar-refractivity contribution in [1.29, 1.82) is 0 Å². The predicted molar refractivity (Wildman–Crippen MR) is 97.5 cm³/mol. The van der Waals surface area contributed by atoms with Crippen LogP contribution in [0.25, 0.3) is 11.3 Å². The number of carbonyl (C=O) groups excluding carboxylic acids is 1. The van der Waals surface area contributed by atoms with E-state index in [4.69, 9.17) is 11.6 Å². The van der Waals surface area contributed by atoms with Crippen LogP contribution in [0.15, 0.2) is 36.5 Å². The van der Waals surface area contributed by atoms with E-state index in [2.05, 4.69) is 15.5 Å². The van der Waals surface area contributed by atoms with E-state index in [1.54, 1.807) is 15.4 Å². The summed E-state index contributed by atoms with van der Waals surface area (Å²) in [5.74, 6) is -0.216. The Morgan fingerprint density at radius 3 is 2.48 bits per heavy atom. The highest BCUT2D eigenvalue weighted by atomic mass is 35.5. The molecule has 1 unspecified atom stereocenters. The van der Waals surface area contributed by atoms with Crippen LogP contribution in [0.4, 0.5) is 0 Å². The highest BCUT2D eigenvalue weighted by Gasteiger charge is 2.18. The van der Waals surface area contributed by atoms with Crippen molar-refractivity contribution < 1.29 is 4.79 Å². The van der Waals surface area contributed by atoms with Crippen LogP contribution in [-0.2, 0) is 14.1 Å². The zero-order valence-electron chi connectivity index (χ0n) is 14.6. The largest absolute Gasteiger partial charge is 0.344 e. The van der Waals surface area contributed by atoms with Crippen molar-refractivity contribution in [3.8, 4) is 11.3 Å². The van der Waals surface area contributed by atoms with E-state index in [9.17, 15) is 4.79 Å². The minimum atomic E-state index is -0.216. The van der Waals surface area contributed by atoms with Gasteiger partial charge in [0.15, 0.2) is 5.69 Å². The molecule has 1 atom stereocenters. The van der Waals surface area contributed by atoms with Gasteiger partial charge in [-0.1, -0.05) is 23.7 Å². The molecule has 0 spiro atoms. The molecule has 0 radical (unpaired) electrons. The fourth-order valence-electron chi connectivity index (χ4n) is 2.86. The normalized spacial score (nSPS) is 12.2. The Kier molecular flexibility index (Phi) is 4.63. The number of hydrogen-bond donors (Lipinski definition) is 1. The Bertz CT molecular complexity index is 910. The third-order valence-electron chi connectivity index (χ3n) is 4.12. The molecule has 0 aliphatic rings.